The molecule has 0 amide bonds. The third-order valence-electron chi connectivity index (χ3n) is 6.05. The highest BCUT2D eigenvalue weighted by Gasteiger charge is 2.35. The zero-order valence-corrected chi connectivity index (χ0v) is 17.5. The molecule has 0 unspecified atom stereocenters. The van der Waals surface area contributed by atoms with Crippen LogP contribution in [-0.2, 0) is 9.59 Å². The minimum atomic E-state index is -0.407. The average molecular weight is 413 g/mol. The monoisotopic (exact) mass is 413 g/mol. The maximum atomic E-state index is 13.1. The van der Waals surface area contributed by atoms with Gasteiger partial charge in [0.25, 0.3) is 0 Å². The Hall–Kier alpha value is -3.60. The van der Waals surface area contributed by atoms with Crippen LogP contribution < -0.4 is 14.8 Å². The molecule has 156 valence electrons. The summed E-state index contributed by atoms with van der Waals surface area (Å²) in [6.45, 7) is 1.36. The van der Waals surface area contributed by atoms with Crippen molar-refractivity contribution in [1.29, 1.82) is 0 Å². The molecule has 1 aliphatic carbocycles. The highest BCUT2D eigenvalue weighted by Crippen LogP contribution is 2.48. The lowest BCUT2D eigenvalue weighted by Crippen LogP contribution is -2.27. The van der Waals surface area contributed by atoms with Gasteiger partial charge < -0.3 is 14.8 Å². The number of anilines is 1. The Bertz CT molecular complexity index is 1260. The van der Waals surface area contributed by atoms with Crippen molar-refractivity contribution in [1.82, 2.24) is 0 Å². The zero-order valence-electron chi connectivity index (χ0n) is 17.5. The number of ketones is 1. The van der Waals surface area contributed by atoms with E-state index < -0.39 is 5.97 Å². The molecular formula is C26H23NO4. The van der Waals surface area contributed by atoms with Crippen LogP contribution in [0.15, 0.2) is 60.2 Å². The molecule has 1 N–H and O–H groups in total. The van der Waals surface area contributed by atoms with Crippen LogP contribution in [0.3, 0.4) is 0 Å². The lowest BCUT2D eigenvalue weighted by molar-refractivity contribution is -0.132. The number of nitrogens with one attached hydrogen (secondary N) is 1. The largest absolute Gasteiger partial charge is 0.493 e. The Kier molecular flexibility index (Phi) is 4.74. The third kappa shape index (κ3) is 3.26. The molecule has 5 heteroatoms. The van der Waals surface area contributed by atoms with Crippen molar-refractivity contribution >= 4 is 33.8 Å². The Morgan fingerprint density at radius 1 is 1.03 bits per heavy atom. The molecule has 0 saturated heterocycles. The smallest absolute Gasteiger partial charge is 0.308 e. The fourth-order valence-electron chi connectivity index (χ4n) is 4.76. The number of Topliss-reactive ketones (excluding diaryl/α,β-unsaturated/α-hetero) is 1. The van der Waals surface area contributed by atoms with Crippen LogP contribution >= 0.6 is 0 Å². The van der Waals surface area contributed by atoms with Gasteiger partial charge in [0.05, 0.1) is 13.2 Å². The molecule has 5 nitrogen and oxygen atoms in total. The Morgan fingerprint density at radius 2 is 1.87 bits per heavy atom. The van der Waals surface area contributed by atoms with E-state index >= 15 is 0 Å². The number of benzene rings is 3. The van der Waals surface area contributed by atoms with E-state index in [0.717, 1.165) is 46.2 Å². The molecule has 31 heavy (non-hydrogen) atoms. The lowest BCUT2D eigenvalue weighted by Gasteiger charge is -2.35. The van der Waals surface area contributed by atoms with Crippen LogP contribution in [0.25, 0.3) is 16.3 Å². The fraction of sp³-hybridized carbons (Fsp3) is 0.231. The standard InChI is InChI=1S/C26H23NO4/c1-15(28)31-22-13-11-17(14-23(22)30-2)26-25-19(8-5-9-21(25)29)24-18-7-4-3-6-16(18)10-12-20(24)27-26/h3-4,6-7,10-14,26-27H,5,8-9H2,1-2H3/t26-/m1/s1. The molecule has 0 saturated carbocycles. The SMILES string of the molecule is COc1cc([C@H]2Nc3ccc4ccccc4c3C3=C2C(=O)CCC3)ccc1OC(C)=O. The van der Waals surface area contributed by atoms with E-state index in [4.69, 9.17) is 9.47 Å². The Morgan fingerprint density at radius 3 is 2.68 bits per heavy atom. The van der Waals surface area contributed by atoms with Gasteiger partial charge in [0.15, 0.2) is 17.3 Å². The van der Waals surface area contributed by atoms with E-state index in [1.807, 2.05) is 24.3 Å². The topological polar surface area (TPSA) is 64.6 Å². The molecule has 1 heterocycles. The van der Waals surface area contributed by atoms with E-state index in [-0.39, 0.29) is 11.8 Å². The molecule has 5 rings (SSSR count). The van der Waals surface area contributed by atoms with Crippen molar-refractivity contribution < 1.29 is 19.1 Å². The molecule has 0 spiro atoms. The first-order chi connectivity index (χ1) is 15.1. The van der Waals surface area contributed by atoms with Crippen molar-refractivity contribution in [2.75, 3.05) is 12.4 Å². The predicted octanol–water partition coefficient (Wildman–Crippen LogP) is 5.45. The second kappa shape index (κ2) is 7.58. The van der Waals surface area contributed by atoms with Gasteiger partial charge >= 0.3 is 5.97 Å². The molecule has 2 aliphatic rings. The summed E-state index contributed by atoms with van der Waals surface area (Å²) in [7, 11) is 1.54. The average Bonchev–Trinajstić information content (AvgIpc) is 2.78. The predicted molar refractivity (Wildman–Crippen MR) is 120 cm³/mol. The van der Waals surface area contributed by atoms with Crippen LogP contribution in [0, 0.1) is 0 Å². The first-order valence-electron chi connectivity index (χ1n) is 10.5. The fourth-order valence-corrected chi connectivity index (χ4v) is 4.76. The maximum Gasteiger partial charge on any atom is 0.308 e. The van der Waals surface area contributed by atoms with E-state index in [9.17, 15) is 9.59 Å². The zero-order chi connectivity index (χ0) is 21.5. The number of fused-ring (bicyclic) bond motifs is 4. The molecule has 0 fully saturated rings. The summed E-state index contributed by atoms with van der Waals surface area (Å²) >= 11 is 0. The maximum absolute atomic E-state index is 13.1. The van der Waals surface area contributed by atoms with Gasteiger partial charge in [-0.3, -0.25) is 9.59 Å². The highest BCUT2D eigenvalue weighted by molar-refractivity contribution is 6.12. The first-order valence-corrected chi connectivity index (χ1v) is 10.5. The summed E-state index contributed by atoms with van der Waals surface area (Å²) in [5.74, 6) is 0.602. The van der Waals surface area contributed by atoms with E-state index in [2.05, 4.69) is 29.6 Å². The van der Waals surface area contributed by atoms with E-state index in [0.29, 0.717) is 17.9 Å². The number of hydrogen-bond acceptors (Lipinski definition) is 5. The summed E-state index contributed by atoms with van der Waals surface area (Å²) in [6.07, 6.45) is 2.30. The van der Waals surface area contributed by atoms with Crippen molar-refractivity contribution in [3.63, 3.8) is 0 Å². The molecule has 0 bridgehead atoms. The number of esters is 1. The van der Waals surface area contributed by atoms with E-state index in [1.165, 1.54) is 19.4 Å². The van der Waals surface area contributed by atoms with Crippen molar-refractivity contribution in [3.8, 4) is 11.5 Å². The minimum Gasteiger partial charge on any atom is -0.493 e. The number of hydrogen-bond donors (Lipinski definition) is 1. The number of allylic oxidation sites excluding steroid dienone is 1. The Labute approximate surface area is 180 Å². The van der Waals surface area contributed by atoms with Gasteiger partial charge in [0.2, 0.25) is 0 Å². The van der Waals surface area contributed by atoms with Gasteiger partial charge in [-0.2, -0.15) is 0 Å². The first kappa shape index (κ1) is 19.4. The second-order valence-corrected chi connectivity index (χ2v) is 7.96. The molecule has 3 aromatic rings. The third-order valence-corrected chi connectivity index (χ3v) is 6.05. The summed E-state index contributed by atoms with van der Waals surface area (Å²) in [6, 6.07) is 17.7. The number of carbonyl (C=O) groups is 2. The summed E-state index contributed by atoms with van der Waals surface area (Å²) in [4.78, 5) is 24.5. The summed E-state index contributed by atoms with van der Waals surface area (Å²) in [5, 5.41) is 5.93. The van der Waals surface area contributed by atoms with E-state index in [1.54, 1.807) is 6.07 Å². The molecule has 1 aliphatic heterocycles. The van der Waals surface area contributed by atoms with Gasteiger partial charge in [0, 0.05) is 30.2 Å². The van der Waals surface area contributed by atoms with Crippen LogP contribution in [0.4, 0.5) is 5.69 Å². The van der Waals surface area contributed by atoms with Crippen LogP contribution in [0.5, 0.6) is 11.5 Å². The number of rotatable bonds is 3. The van der Waals surface area contributed by atoms with Crippen molar-refractivity contribution in [3.05, 3.63) is 71.3 Å². The molecule has 3 aromatic carbocycles. The van der Waals surface area contributed by atoms with Crippen LogP contribution in [0.2, 0.25) is 0 Å². The summed E-state index contributed by atoms with van der Waals surface area (Å²) in [5.41, 5.74) is 5.03. The number of ether oxygens (including phenoxy) is 2. The highest BCUT2D eigenvalue weighted by atomic mass is 16.6. The molecule has 0 aromatic heterocycles. The Balaban J connectivity index is 1.68. The second-order valence-electron chi connectivity index (χ2n) is 7.96. The van der Waals surface area contributed by atoms with Gasteiger partial charge in [0.1, 0.15) is 0 Å². The number of carbonyl (C=O) groups excluding carboxylic acids is 2. The van der Waals surface area contributed by atoms with Gasteiger partial charge in [-0.1, -0.05) is 36.4 Å². The quantitative estimate of drug-likeness (QED) is 0.457. The number of methoxy groups -OCH3 is 1. The van der Waals surface area contributed by atoms with Gasteiger partial charge in [-0.05, 0) is 52.9 Å². The van der Waals surface area contributed by atoms with Gasteiger partial charge in [-0.25, -0.2) is 0 Å². The molecule has 1 atom stereocenters. The summed E-state index contributed by atoms with van der Waals surface area (Å²) < 4.78 is 10.7. The van der Waals surface area contributed by atoms with Crippen molar-refractivity contribution in [2.24, 2.45) is 0 Å². The normalized spacial score (nSPS) is 17.6. The lowest BCUT2D eigenvalue weighted by atomic mass is 9.77. The molecular weight excluding hydrogens is 390 g/mol. The van der Waals surface area contributed by atoms with Crippen molar-refractivity contribution in [2.45, 2.75) is 32.2 Å². The van der Waals surface area contributed by atoms with Crippen LogP contribution in [0.1, 0.15) is 43.4 Å². The molecule has 0 radical (unpaired) electrons. The minimum absolute atomic E-state index is 0.181. The van der Waals surface area contributed by atoms with Crippen LogP contribution in [-0.4, -0.2) is 18.9 Å². The van der Waals surface area contributed by atoms with Gasteiger partial charge in [-0.15, -0.1) is 0 Å².